The molecule has 0 unspecified atom stereocenters. The van der Waals surface area contributed by atoms with Gasteiger partial charge in [-0.15, -0.1) is 0 Å². The molecule has 3 aromatic rings. The average molecular weight is 284 g/mol. The maximum Gasteiger partial charge on any atom is 0.526 e. The van der Waals surface area contributed by atoms with Gasteiger partial charge in [0.05, 0.1) is 11.4 Å². The first-order chi connectivity index (χ1) is 10.8. The molecule has 0 saturated carbocycles. The summed E-state index contributed by atoms with van der Waals surface area (Å²) in [5.41, 5.74) is 6.83. The first-order valence-electron chi connectivity index (χ1n) is 7.44. The second-order valence-corrected chi connectivity index (χ2v) is 5.77. The highest BCUT2D eigenvalue weighted by Crippen LogP contribution is 2.46. The summed E-state index contributed by atoms with van der Waals surface area (Å²) in [6, 6.07) is 18.8. The highest BCUT2D eigenvalue weighted by Gasteiger charge is 2.45. The SMILES string of the molecule is Cc1ccc2c(c1)N1B(Oc3ccccc31)c1cccnc1-2. The molecule has 2 aliphatic heterocycles. The Morgan fingerprint density at radius 2 is 1.91 bits per heavy atom. The molecule has 3 heterocycles. The minimum absolute atomic E-state index is 0.129. The van der Waals surface area contributed by atoms with E-state index in [1.165, 1.54) is 11.3 Å². The van der Waals surface area contributed by atoms with Crippen molar-refractivity contribution in [3.05, 3.63) is 66.4 Å². The second kappa shape index (κ2) is 4.13. The highest BCUT2D eigenvalue weighted by molar-refractivity contribution is 6.76. The Morgan fingerprint density at radius 1 is 1.00 bits per heavy atom. The van der Waals surface area contributed by atoms with Gasteiger partial charge in [-0.1, -0.05) is 30.3 Å². The van der Waals surface area contributed by atoms with E-state index in [9.17, 15) is 0 Å². The van der Waals surface area contributed by atoms with E-state index in [2.05, 4.69) is 53.1 Å². The second-order valence-electron chi connectivity index (χ2n) is 5.77. The van der Waals surface area contributed by atoms with E-state index in [4.69, 9.17) is 4.65 Å². The van der Waals surface area contributed by atoms with E-state index in [-0.39, 0.29) is 7.05 Å². The van der Waals surface area contributed by atoms with Crippen molar-refractivity contribution in [3.63, 3.8) is 0 Å². The molecule has 5 rings (SSSR count). The van der Waals surface area contributed by atoms with Crippen molar-refractivity contribution in [3.8, 4) is 17.0 Å². The first kappa shape index (κ1) is 11.9. The van der Waals surface area contributed by atoms with E-state index in [1.807, 2.05) is 24.4 Å². The number of fused-ring (bicyclic) bond motifs is 8. The van der Waals surface area contributed by atoms with Gasteiger partial charge in [0.15, 0.2) is 0 Å². The Kier molecular flexibility index (Phi) is 2.23. The third kappa shape index (κ3) is 1.44. The third-order valence-electron chi connectivity index (χ3n) is 4.37. The predicted octanol–water partition coefficient (Wildman–Crippen LogP) is 3.30. The molecular formula is C18H13BN2O. The van der Waals surface area contributed by atoms with Gasteiger partial charge < -0.3 is 9.47 Å². The van der Waals surface area contributed by atoms with Crippen LogP contribution in [-0.2, 0) is 0 Å². The zero-order valence-corrected chi connectivity index (χ0v) is 12.2. The van der Waals surface area contributed by atoms with E-state index in [1.54, 1.807) is 0 Å². The normalized spacial score (nSPS) is 13.9. The number of rotatable bonds is 0. The number of nitrogens with zero attached hydrogens (tertiary/aromatic N) is 2. The molecule has 0 amide bonds. The zero-order valence-electron chi connectivity index (χ0n) is 12.2. The lowest BCUT2D eigenvalue weighted by Gasteiger charge is -2.30. The van der Waals surface area contributed by atoms with Crippen molar-refractivity contribution in [2.24, 2.45) is 0 Å². The van der Waals surface area contributed by atoms with Gasteiger partial charge in [0, 0.05) is 22.9 Å². The monoisotopic (exact) mass is 284 g/mol. The molecule has 0 spiro atoms. The van der Waals surface area contributed by atoms with Crippen molar-refractivity contribution in [2.75, 3.05) is 4.81 Å². The quantitative estimate of drug-likeness (QED) is 0.592. The van der Waals surface area contributed by atoms with E-state index >= 15 is 0 Å². The molecule has 0 N–H and O–H groups in total. The maximum atomic E-state index is 6.22. The van der Waals surface area contributed by atoms with Gasteiger partial charge in [-0.3, -0.25) is 4.98 Å². The Bertz CT molecular complexity index is 909. The highest BCUT2D eigenvalue weighted by atomic mass is 16.5. The Hall–Kier alpha value is -2.75. The van der Waals surface area contributed by atoms with Crippen LogP contribution in [0.2, 0.25) is 0 Å². The topological polar surface area (TPSA) is 25.4 Å². The van der Waals surface area contributed by atoms with E-state index in [0.717, 1.165) is 28.2 Å². The molecule has 4 heteroatoms. The summed E-state index contributed by atoms with van der Waals surface area (Å²) < 4.78 is 6.22. The van der Waals surface area contributed by atoms with Gasteiger partial charge in [-0.05, 0) is 36.8 Å². The van der Waals surface area contributed by atoms with Gasteiger partial charge in [0.1, 0.15) is 5.75 Å². The molecule has 3 nitrogen and oxygen atoms in total. The fourth-order valence-corrected chi connectivity index (χ4v) is 3.40. The van der Waals surface area contributed by atoms with E-state index < -0.39 is 0 Å². The molecule has 0 atom stereocenters. The summed E-state index contributed by atoms with van der Waals surface area (Å²) in [5, 5.41) is 0. The molecule has 0 saturated heterocycles. The predicted molar refractivity (Wildman–Crippen MR) is 89.0 cm³/mol. The Labute approximate surface area is 129 Å². The number of aryl methyl sites for hydroxylation is 1. The van der Waals surface area contributed by atoms with Gasteiger partial charge in [-0.25, -0.2) is 0 Å². The fourth-order valence-electron chi connectivity index (χ4n) is 3.40. The number of benzene rings is 2. The van der Waals surface area contributed by atoms with Gasteiger partial charge >= 0.3 is 7.05 Å². The average Bonchev–Trinajstić information content (AvgIpc) is 2.95. The van der Waals surface area contributed by atoms with Gasteiger partial charge in [-0.2, -0.15) is 0 Å². The summed E-state index contributed by atoms with van der Waals surface area (Å²) >= 11 is 0. The number of hydrogen-bond donors (Lipinski definition) is 0. The minimum Gasteiger partial charge on any atom is -0.536 e. The summed E-state index contributed by atoms with van der Waals surface area (Å²) in [6.45, 7) is 2.12. The largest absolute Gasteiger partial charge is 0.536 e. The lowest BCUT2D eigenvalue weighted by molar-refractivity contribution is 0.603. The number of para-hydroxylation sites is 2. The van der Waals surface area contributed by atoms with E-state index in [0.29, 0.717) is 0 Å². The smallest absolute Gasteiger partial charge is 0.526 e. The molecule has 0 fully saturated rings. The number of hydrogen-bond acceptors (Lipinski definition) is 3. The lowest BCUT2D eigenvalue weighted by atomic mass is 9.66. The Balaban J connectivity index is 1.86. The van der Waals surface area contributed by atoms with Crippen LogP contribution in [0.5, 0.6) is 5.75 Å². The molecule has 0 bridgehead atoms. The van der Waals surface area contributed by atoms with Crippen molar-refractivity contribution in [1.82, 2.24) is 4.98 Å². The lowest BCUT2D eigenvalue weighted by Crippen LogP contribution is -2.50. The molecule has 0 radical (unpaired) electrons. The van der Waals surface area contributed by atoms with Gasteiger partial charge in [0.2, 0.25) is 0 Å². The Morgan fingerprint density at radius 3 is 2.86 bits per heavy atom. The van der Waals surface area contributed by atoms with Crippen LogP contribution in [0.4, 0.5) is 11.4 Å². The van der Waals surface area contributed by atoms with Crippen LogP contribution in [0.3, 0.4) is 0 Å². The molecule has 22 heavy (non-hydrogen) atoms. The van der Waals surface area contributed by atoms with Gasteiger partial charge in [0.25, 0.3) is 0 Å². The number of anilines is 2. The van der Waals surface area contributed by atoms with Crippen LogP contribution in [0, 0.1) is 6.92 Å². The molecular weight excluding hydrogens is 271 g/mol. The molecule has 0 aliphatic carbocycles. The van der Waals surface area contributed by atoms with Crippen LogP contribution in [0.25, 0.3) is 11.3 Å². The molecule has 2 aromatic carbocycles. The van der Waals surface area contributed by atoms with Crippen LogP contribution >= 0.6 is 0 Å². The summed E-state index contributed by atoms with van der Waals surface area (Å²) in [7, 11) is -0.129. The number of aromatic nitrogens is 1. The van der Waals surface area contributed by atoms with Crippen LogP contribution in [0.1, 0.15) is 5.56 Å². The zero-order chi connectivity index (χ0) is 14.7. The van der Waals surface area contributed by atoms with Crippen molar-refractivity contribution in [2.45, 2.75) is 6.92 Å². The standard InChI is InChI=1S/C18H13BN2O/c1-12-8-9-13-16(11-12)21-15-6-2-3-7-17(15)22-19(21)14-5-4-10-20-18(13)14/h2-11H,1H3. The molecule has 2 aliphatic rings. The van der Waals surface area contributed by atoms with Crippen molar-refractivity contribution < 1.29 is 4.65 Å². The van der Waals surface area contributed by atoms with Crippen molar-refractivity contribution >= 4 is 23.9 Å². The van der Waals surface area contributed by atoms with Crippen LogP contribution in [0.15, 0.2) is 60.8 Å². The maximum absolute atomic E-state index is 6.22. The summed E-state index contributed by atoms with van der Waals surface area (Å²) in [5.74, 6) is 0.927. The van der Waals surface area contributed by atoms with Crippen molar-refractivity contribution in [1.29, 1.82) is 0 Å². The molecule has 1 aromatic heterocycles. The molecule has 104 valence electrons. The summed E-state index contributed by atoms with van der Waals surface area (Å²) in [4.78, 5) is 6.89. The summed E-state index contributed by atoms with van der Waals surface area (Å²) in [6.07, 6.45) is 1.85. The van der Waals surface area contributed by atoms with Crippen LogP contribution in [-0.4, -0.2) is 12.0 Å². The fraction of sp³-hybridized carbons (Fsp3) is 0.0556. The minimum atomic E-state index is -0.129. The number of pyridine rings is 1. The third-order valence-corrected chi connectivity index (χ3v) is 4.37. The van der Waals surface area contributed by atoms with Crippen LogP contribution < -0.4 is 14.9 Å². The first-order valence-corrected chi connectivity index (χ1v) is 7.44.